The van der Waals surface area contributed by atoms with Crippen LogP contribution in [0.3, 0.4) is 0 Å². The van der Waals surface area contributed by atoms with Gasteiger partial charge in [0.25, 0.3) is 0 Å². The third kappa shape index (κ3) is 1.65. The molecular weight excluding hydrogens is 246 g/mol. The molecule has 1 aromatic rings. The van der Waals surface area contributed by atoms with Gasteiger partial charge in [0.1, 0.15) is 0 Å². The molecule has 4 nitrogen and oxygen atoms in total. The molecule has 0 radical (unpaired) electrons. The van der Waals surface area contributed by atoms with E-state index in [1.807, 2.05) is 0 Å². The minimum atomic E-state index is -0.0532. The van der Waals surface area contributed by atoms with Crippen molar-refractivity contribution in [3.63, 3.8) is 0 Å². The van der Waals surface area contributed by atoms with Crippen molar-refractivity contribution < 1.29 is 4.79 Å². The topological polar surface area (TPSA) is 59.2 Å². The largest absolute Gasteiger partial charge is 0.326 e. The highest BCUT2D eigenvalue weighted by Gasteiger charge is 2.28. The van der Waals surface area contributed by atoms with Gasteiger partial charge in [-0.05, 0) is 22.0 Å². The zero-order chi connectivity index (χ0) is 10.1. The van der Waals surface area contributed by atoms with Gasteiger partial charge in [0, 0.05) is 31.4 Å². The second kappa shape index (κ2) is 3.67. The summed E-state index contributed by atoms with van der Waals surface area (Å²) in [7, 11) is 0. The second-order valence-corrected chi connectivity index (χ2v) is 4.15. The van der Waals surface area contributed by atoms with Crippen molar-refractivity contribution in [1.29, 1.82) is 0 Å². The summed E-state index contributed by atoms with van der Waals surface area (Å²) >= 11 is 3.36. The van der Waals surface area contributed by atoms with Crippen LogP contribution in [0, 0.1) is 0 Å². The third-order valence-electron chi connectivity index (χ3n) is 2.20. The number of carbonyl (C=O) groups excluding carboxylic acids is 1. The molecule has 1 aromatic heterocycles. The van der Waals surface area contributed by atoms with Crippen LogP contribution in [0.15, 0.2) is 22.9 Å². The maximum Gasteiger partial charge on any atom is 0.228 e. The number of aromatic nitrogens is 1. The Morgan fingerprint density at radius 3 is 3.00 bits per heavy atom. The molecule has 1 aliphatic rings. The molecule has 1 aliphatic heterocycles. The molecule has 14 heavy (non-hydrogen) atoms. The van der Waals surface area contributed by atoms with E-state index in [9.17, 15) is 4.79 Å². The predicted molar refractivity (Wildman–Crippen MR) is 56.9 cm³/mol. The highest BCUT2D eigenvalue weighted by Crippen LogP contribution is 2.27. The van der Waals surface area contributed by atoms with E-state index in [-0.39, 0.29) is 11.9 Å². The molecule has 2 N–H and O–H groups in total. The molecule has 0 aliphatic carbocycles. The van der Waals surface area contributed by atoms with E-state index in [0.717, 1.165) is 10.2 Å². The number of rotatable bonds is 1. The maximum absolute atomic E-state index is 11.5. The summed E-state index contributed by atoms with van der Waals surface area (Å²) in [5.41, 5.74) is 6.55. The Bertz CT molecular complexity index is 369. The molecule has 1 saturated heterocycles. The van der Waals surface area contributed by atoms with E-state index < -0.39 is 0 Å². The number of carbonyl (C=O) groups is 1. The van der Waals surface area contributed by atoms with Gasteiger partial charge >= 0.3 is 0 Å². The summed E-state index contributed by atoms with van der Waals surface area (Å²) in [5, 5.41) is 0. The number of hydrogen-bond acceptors (Lipinski definition) is 3. The summed E-state index contributed by atoms with van der Waals surface area (Å²) < 4.78 is 0.822. The molecule has 1 atom stereocenters. The van der Waals surface area contributed by atoms with Gasteiger partial charge in [0.2, 0.25) is 5.91 Å². The number of pyridine rings is 1. The quantitative estimate of drug-likeness (QED) is 0.812. The number of nitrogens with two attached hydrogens (primary N) is 1. The molecule has 2 heterocycles. The lowest BCUT2D eigenvalue weighted by Gasteiger charge is -2.16. The average molecular weight is 256 g/mol. The van der Waals surface area contributed by atoms with Crippen LogP contribution in [0.1, 0.15) is 6.42 Å². The Morgan fingerprint density at radius 2 is 2.43 bits per heavy atom. The molecule has 74 valence electrons. The van der Waals surface area contributed by atoms with Gasteiger partial charge in [0.15, 0.2) is 0 Å². The Kier molecular flexibility index (Phi) is 2.52. The number of anilines is 1. The van der Waals surface area contributed by atoms with Gasteiger partial charge in [-0.2, -0.15) is 0 Å². The normalized spacial score (nSPS) is 21.7. The monoisotopic (exact) mass is 255 g/mol. The van der Waals surface area contributed by atoms with Gasteiger partial charge in [-0.15, -0.1) is 0 Å². The summed E-state index contributed by atoms with van der Waals surface area (Å²) in [6, 6.07) is 1.75. The lowest BCUT2D eigenvalue weighted by molar-refractivity contribution is -0.117. The van der Waals surface area contributed by atoms with Crippen molar-refractivity contribution in [3.8, 4) is 0 Å². The van der Waals surface area contributed by atoms with Crippen molar-refractivity contribution in [3.05, 3.63) is 22.9 Å². The first kappa shape index (κ1) is 9.61. The molecule has 1 amide bonds. The van der Waals surface area contributed by atoms with Crippen molar-refractivity contribution in [2.75, 3.05) is 11.4 Å². The van der Waals surface area contributed by atoms with Crippen LogP contribution in [0.4, 0.5) is 5.69 Å². The Labute approximate surface area is 90.2 Å². The smallest absolute Gasteiger partial charge is 0.228 e. The minimum absolute atomic E-state index is 0.0532. The number of hydrogen-bond donors (Lipinski definition) is 1. The lowest BCUT2D eigenvalue weighted by Crippen LogP contribution is -2.28. The van der Waals surface area contributed by atoms with Crippen molar-refractivity contribution >= 4 is 27.5 Å². The van der Waals surface area contributed by atoms with E-state index >= 15 is 0 Å². The van der Waals surface area contributed by atoms with E-state index in [1.165, 1.54) is 0 Å². The lowest BCUT2D eigenvalue weighted by atomic mass is 10.3. The molecule has 1 unspecified atom stereocenters. The van der Waals surface area contributed by atoms with E-state index in [1.54, 1.807) is 23.4 Å². The van der Waals surface area contributed by atoms with E-state index in [2.05, 4.69) is 20.9 Å². The van der Waals surface area contributed by atoms with E-state index in [0.29, 0.717) is 13.0 Å². The van der Waals surface area contributed by atoms with Crippen molar-refractivity contribution in [1.82, 2.24) is 4.98 Å². The van der Waals surface area contributed by atoms with Crippen LogP contribution in [0.5, 0.6) is 0 Å². The zero-order valence-electron chi connectivity index (χ0n) is 7.48. The first-order valence-corrected chi connectivity index (χ1v) is 5.13. The number of nitrogens with zero attached hydrogens (tertiary/aromatic N) is 2. The average Bonchev–Trinajstić information content (AvgIpc) is 2.46. The molecule has 1 fully saturated rings. The fourth-order valence-electron chi connectivity index (χ4n) is 1.55. The molecule has 5 heteroatoms. The molecule has 2 rings (SSSR count). The van der Waals surface area contributed by atoms with Crippen LogP contribution < -0.4 is 10.6 Å². The predicted octanol–water partition coefficient (Wildman–Crippen LogP) is 0.908. The van der Waals surface area contributed by atoms with Gasteiger partial charge in [-0.1, -0.05) is 0 Å². The fraction of sp³-hybridized carbons (Fsp3) is 0.333. The maximum atomic E-state index is 11.5. The Morgan fingerprint density at radius 1 is 1.64 bits per heavy atom. The van der Waals surface area contributed by atoms with Crippen LogP contribution in [0.2, 0.25) is 0 Å². The number of halogens is 1. The Balaban J connectivity index is 2.32. The van der Waals surface area contributed by atoms with E-state index in [4.69, 9.17) is 5.73 Å². The standard InChI is InChI=1S/C9H10BrN3O/c10-7-4-12-2-1-8(7)13-5-6(11)3-9(13)14/h1-2,4,6H,3,5,11H2. The number of amides is 1. The van der Waals surface area contributed by atoms with Gasteiger partial charge in [-0.25, -0.2) is 0 Å². The Hall–Kier alpha value is -0.940. The zero-order valence-corrected chi connectivity index (χ0v) is 9.07. The van der Waals surface area contributed by atoms with Gasteiger partial charge < -0.3 is 10.6 Å². The molecule has 0 aromatic carbocycles. The SMILES string of the molecule is NC1CC(=O)N(c2ccncc2Br)C1. The van der Waals surface area contributed by atoms with Gasteiger partial charge in [0.05, 0.1) is 10.2 Å². The first-order chi connectivity index (χ1) is 6.68. The second-order valence-electron chi connectivity index (χ2n) is 3.30. The molecule has 0 saturated carbocycles. The van der Waals surface area contributed by atoms with Crippen LogP contribution in [-0.4, -0.2) is 23.5 Å². The highest BCUT2D eigenvalue weighted by atomic mass is 79.9. The summed E-state index contributed by atoms with van der Waals surface area (Å²) in [6.07, 6.45) is 3.76. The van der Waals surface area contributed by atoms with Gasteiger partial charge in [-0.3, -0.25) is 9.78 Å². The third-order valence-corrected chi connectivity index (χ3v) is 2.81. The summed E-state index contributed by atoms with van der Waals surface area (Å²) in [4.78, 5) is 17.2. The summed E-state index contributed by atoms with van der Waals surface area (Å²) in [6.45, 7) is 0.585. The molecule has 0 bridgehead atoms. The summed E-state index contributed by atoms with van der Waals surface area (Å²) in [5.74, 6) is 0.0735. The molecule has 0 spiro atoms. The minimum Gasteiger partial charge on any atom is -0.326 e. The van der Waals surface area contributed by atoms with Crippen molar-refractivity contribution in [2.24, 2.45) is 5.73 Å². The van der Waals surface area contributed by atoms with Crippen LogP contribution in [0.25, 0.3) is 0 Å². The molecular formula is C9H10BrN3O. The fourth-order valence-corrected chi connectivity index (χ4v) is 2.02. The van der Waals surface area contributed by atoms with Crippen molar-refractivity contribution in [2.45, 2.75) is 12.5 Å². The first-order valence-electron chi connectivity index (χ1n) is 4.34. The van der Waals surface area contributed by atoms with Crippen LogP contribution in [-0.2, 0) is 4.79 Å². The van der Waals surface area contributed by atoms with Crippen LogP contribution >= 0.6 is 15.9 Å². The highest BCUT2D eigenvalue weighted by molar-refractivity contribution is 9.10.